The molecule has 0 spiro atoms. The van der Waals surface area contributed by atoms with Crippen molar-refractivity contribution in [1.29, 1.82) is 0 Å². The summed E-state index contributed by atoms with van der Waals surface area (Å²) in [4.78, 5) is 18.2. The number of hydrogen-bond acceptors (Lipinski definition) is 3. The summed E-state index contributed by atoms with van der Waals surface area (Å²) in [6.45, 7) is 1.57. The highest BCUT2D eigenvalue weighted by molar-refractivity contribution is 9.10. The van der Waals surface area contributed by atoms with Gasteiger partial charge in [-0.3, -0.25) is 4.79 Å². The van der Waals surface area contributed by atoms with Crippen LogP contribution in [0.5, 0.6) is 0 Å². The van der Waals surface area contributed by atoms with Gasteiger partial charge in [0.15, 0.2) is 0 Å². The number of amides is 1. The first-order valence-corrected chi connectivity index (χ1v) is 6.68. The van der Waals surface area contributed by atoms with Crippen LogP contribution in [0, 0.1) is 5.92 Å². The maximum Gasteiger partial charge on any atom is 0.226 e. The fourth-order valence-electron chi connectivity index (χ4n) is 1.93. The van der Waals surface area contributed by atoms with Crippen LogP contribution in [0.4, 0.5) is 5.82 Å². The van der Waals surface area contributed by atoms with Crippen molar-refractivity contribution in [3.63, 3.8) is 0 Å². The van der Waals surface area contributed by atoms with Crippen LogP contribution >= 0.6 is 15.9 Å². The van der Waals surface area contributed by atoms with Crippen molar-refractivity contribution in [2.75, 3.05) is 18.0 Å². The fraction of sp³-hybridized carbons (Fsp3) is 0.500. The average Bonchev–Trinajstić information content (AvgIpc) is 3.02. The SMILES string of the molecule is O=C(NC1CC1)C1CN(c2ccc(Br)cn2)C1. The largest absolute Gasteiger partial charge is 0.355 e. The summed E-state index contributed by atoms with van der Waals surface area (Å²) >= 11 is 3.36. The van der Waals surface area contributed by atoms with E-state index >= 15 is 0 Å². The van der Waals surface area contributed by atoms with Crippen LogP contribution in [0.25, 0.3) is 0 Å². The normalized spacial score (nSPS) is 19.9. The molecule has 0 radical (unpaired) electrons. The third-order valence-electron chi connectivity index (χ3n) is 3.21. The molecule has 3 rings (SSSR count). The number of rotatable bonds is 3. The summed E-state index contributed by atoms with van der Waals surface area (Å²) in [5, 5.41) is 3.04. The van der Waals surface area contributed by atoms with Crippen LogP contribution in [0.1, 0.15) is 12.8 Å². The number of carbonyl (C=O) groups excluding carboxylic acids is 1. The Balaban J connectivity index is 1.53. The Morgan fingerprint density at radius 3 is 2.76 bits per heavy atom. The molecular formula is C12H14BrN3O. The van der Waals surface area contributed by atoms with E-state index in [0.717, 1.165) is 36.2 Å². The minimum Gasteiger partial charge on any atom is -0.355 e. The molecule has 5 heteroatoms. The zero-order valence-corrected chi connectivity index (χ0v) is 11.0. The summed E-state index contributed by atoms with van der Waals surface area (Å²) in [5.74, 6) is 1.30. The van der Waals surface area contributed by atoms with E-state index in [1.807, 2.05) is 12.1 Å². The summed E-state index contributed by atoms with van der Waals surface area (Å²) in [5.41, 5.74) is 0. The van der Waals surface area contributed by atoms with Gasteiger partial charge < -0.3 is 10.2 Å². The maximum absolute atomic E-state index is 11.7. The predicted octanol–water partition coefficient (Wildman–Crippen LogP) is 1.56. The lowest BCUT2D eigenvalue weighted by Gasteiger charge is -2.39. The van der Waals surface area contributed by atoms with Crippen LogP contribution in [-0.4, -0.2) is 30.0 Å². The number of pyridine rings is 1. The van der Waals surface area contributed by atoms with E-state index in [1.54, 1.807) is 6.20 Å². The second-order valence-corrected chi connectivity index (χ2v) is 5.64. The number of nitrogens with zero attached hydrogens (tertiary/aromatic N) is 2. The molecule has 17 heavy (non-hydrogen) atoms. The lowest BCUT2D eigenvalue weighted by atomic mass is 9.99. The molecule has 1 saturated carbocycles. The molecule has 1 aliphatic carbocycles. The van der Waals surface area contributed by atoms with Crippen LogP contribution in [0.3, 0.4) is 0 Å². The second-order valence-electron chi connectivity index (χ2n) is 4.72. The summed E-state index contributed by atoms with van der Waals surface area (Å²) < 4.78 is 0.977. The highest BCUT2D eigenvalue weighted by atomic mass is 79.9. The van der Waals surface area contributed by atoms with Gasteiger partial charge in [-0.15, -0.1) is 0 Å². The van der Waals surface area contributed by atoms with Crippen molar-refractivity contribution >= 4 is 27.7 Å². The van der Waals surface area contributed by atoms with Gasteiger partial charge >= 0.3 is 0 Å². The quantitative estimate of drug-likeness (QED) is 0.920. The smallest absolute Gasteiger partial charge is 0.226 e. The van der Waals surface area contributed by atoms with Crippen LogP contribution < -0.4 is 10.2 Å². The van der Waals surface area contributed by atoms with E-state index in [4.69, 9.17) is 0 Å². The minimum absolute atomic E-state index is 0.140. The van der Waals surface area contributed by atoms with Crippen LogP contribution in [-0.2, 0) is 4.79 Å². The van der Waals surface area contributed by atoms with Gasteiger partial charge in [-0.1, -0.05) is 0 Å². The zero-order chi connectivity index (χ0) is 11.8. The Labute approximate surface area is 109 Å². The third kappa shape index (κ3) is 2.44. The third-order valence-corrected chi connectivity index (χ3v) is 3.68. The van der Waals surface area contributed by atoms with E-state index in [0.29, 0.717) is 6.04 Å². The van der Waals surface area contributed by atoms with Crippen molar-refractivity contribution in [3.05, 3.63) is 22.8 Å². The van der Waals surface area contributed by atoms with Crippen molar-refractivity contribution in [3.8, 4) is 0 Å². The van der Waals surface area contributed by atoms with Crippen molar-refractivity contribution in [1.82, 2.24) is 10.3 Å². The van der Waals surface area contributed by atoms with Crippen molar-refractivity contribution in [2.45, 2.75) is 18.9 Å². The second kappa shape index (κ2) is 4.29. The van der Waals surface area contributed by atoms with E-state index in [9.17, 15) is 4.79 Å². The molecule has 1 N–H and O–H groups in total. The van der Waals surface area contributed by atoms with E-state index in [-0.39, 0.29) is 11.8 Å². The van der Waals surface area contributed by atoms with Gasteiger partial charge in [0.05, 0.1) is 5.92 Å². The Morgan fingerprint density at radius 2 is 2.18 bits per heavy atom. The lowest BCUT2D eigenvalue weighted by molar-refractivity contribution is -0.125. The molecule has 1 aliphatic heterocycles. The van der Waals surface area contributed by atoms with Gasteiger partial charge in [-0.05, 0) is 40.9 Å². The van der Waals surface area contributed by atoms with Crippen molar-refractivity contribution in [2.24, 2.45) is 5.92 Å². The molecule has 1 aromatic rings. The monoisotopic (exact) mass is 295 g/mol. The average molecular weight is 296 g/mol. The van der Waals surface area contributed by atoms with Gasteiger partial charge in [0.2, 0.25) is 5.91 Å². The molecule has 1 saturated heterocycles. The zero-order valence-electron chi connectivity index (χ0n) is 9.40. The molecule has 1 amide bonds. The maximum atomic E-state index is 11.7. The minimum atomic E-state index is 0.140. The number of hydrogen-bond donors (Lipinski definition) is 1. The first-order chi connectivity index (χ1) is 8.22. The number of anilines is 1. The molecule has 2 fully saturated rings. The molecule has 90 valence electrons. The number of halogens is 1. The van der Waals surface area contributed by atoms with Crippen molar-refractivity contribution < 1.29 is 4.79 Å². The molecule has 0 aromatic carbocycles. The first-order valence-electron chi connectivity index (χ1n) is 5.89. The van der Waals surface area contributed by atoms with Gasteiger partial charge in [0, 0.05) is 29.8 Å². The van der Waals surface area contributed by atoms with Gasteiger partial charge in [0.25, 0.3) is 0 Å². The fourth-order valence-corrected chi connectivity index (χ4v) is 2.17. The molecular weight excluding hydrogens is 282 g/mol. The van der Waals surface area contributed by atoms with E-state index in [2.05, 4.69) is 31.1 Å². The van der Waals surface area contributed by atoms with Gasteiger partial charge in [-0.2, -0.15) is 0 Å². The molecule has 0 unspecified atom stereocenters. The summed E-state index contributed by atoms with van der Waals surface area (Å²) in [6.07, 6.45) is 4.08. The van der Waals surface area contributed by atoms with Crippen LogP contribution in [0.2, 0.25) is 0 Å². The number of carbonyl (C=O) groups is 1. The highest BCUT2D eigenvalue weighted by Crippen LogP contribution is 2.25. The predicted molar refractivity (Wildman–Crippen MR) is 68.8 cm³/mol. The van der Waals surface area contributed by atoms with E-state index < -0.39 is 0 Å². The molecule has 1 aromatic heterocycles. The molecule has 2 aliphatic rings. The first kappa shape index (κ1) is 11.0. The Kier molecular flexibility index (Phi) is 2.78. The Morgan fingerprint density at radius 1 is 1.41 bits per heavy atom. The van der Waals surface area contributed by atoms with Gasteiger partial charge in [0.1, 0.15) is 5.82 Å². The number of aromatic nitrogens is 1. The van der Waals surface area contributed by atoms with Gasteiger partial charge in [-0.25, -0.2) is 4.98 Å². The molecule has 4 nitrogen and oxygen atoms in total. The summed E-state index contributed by atoms with van der Waals surface area (Å²) in [7, 11) is 0. The highest BCUT2D eigenvalue weighted by Gasteiger charge is 2.35. The van der Waals surface area contributed by atoms with E-state index in [1.165, 1.54) is 0 Å². The standard InChI is InChI=1S/C12H14BrN3O/c13-9-1-4-11(14-5-9)16-6-8(7-16)12(17)15-10-2-3-10/h1,4-5,8,10H,2-3,6-7H2,(H,15,17). The topological polar surface area (TPSA) is 45.2 Å². The number of nitrogens with one attached hydrogen (secondary N) is 1. The summed E-state index contributed by atoms with van der Waals surface area (Å²) in [6, 6.07) is 4.40. The molecule has 0 atom stereocenters. The lowest BCUT2D eigenvalue weighted by Crippen LogP contribution is -2.54. The Bertz CT molecular complexity index is 424. The molecule has 0 bridgehead atoms. The molecule has 2 heterocycles. The Hall–Kier alpha value is -1.10. The van der Waals surface area contributed by atoms with Crippen LogP contribution in [0.15, 0.2) is 22.8 Å².